The van der Waals surface area contributed by atoms with Gasteiger partial charge < -0.3 is 15.4 Å². The smallest absolute Gasteiger partial charge is 0.255 e. The highest BCUT2D eigenvalue weighted by Crippen LogP contribution is 2.43. The van der Waals surface area contributed by atoms with E-state index in [1.165, 1.54) is 5.56 Å². The maximum Gasteiger partial charge on any atom is 0.255 e. The van der Waals surface area contributed by atoms with Crippen LogP contribution in [0.4, 0.5) is 5.69 Å². The zero-order valence-corrected chi connectivity index (χ0v) is 18.3. The molecule has 30 heavy (non-hydrogen) atoms. The van der Waals surface area contributed by atoms with Crippen molar-refractivity contribution in [3.05, 3.63) is 46.2 Å². The first-order valence-corrected chi connectivity index (χ1v) is 11.1. The van der Waals surface area contributed by atoms with Gasteiger partial charge in [-0.15, -0.1) is 0 Å². The first-order chi connectivity index (χ1) is 14.4. The molecule has 0 aliphatic carbocycles. The van der Waals surface area contributed by atoms with Crippen LogP contribution in [-0.2, 0) is 17.8 Å². The van der Waals surface area contributed by atoms with Crippen molar-refractivity contribution >= 4 is 23.2 Å². The third-order valence-corrected chi connectivity index (χ3v) is 6.97. The molecule has 0 radical (unpaired) electrons. The molecule has 1 atom stereocenters. The molecule has 5 rings (SSSR count). The fourth-order valence-corrected chi connectivity index (χ4v) is 5.20. The van der Waals surface area contributed by atoms with E-state index in [9.17, 15) is 4.79 Å². The zero-order chi connectivity index (χ0) is 20.9. The van der Waals surface area contributed by atoms with Crippen LogP contribution in [0.15, 0.2) is 24.4 Å². The van der Waals surface area contributed by atoms with Gasteiger partial charge in [-0.3, -0.25) is 14.4 Å². The number of ether oxygens (including phenoxy) is 1. The van der Waals surface area contributed by atoms with Crippen LogP contribution >= 0.6 is 11.6 Å². The number of fused-ring (bicyclic) bond motifs is 1. The Labute approximate surface area is 181 Å². The van der Waals surface area contributed by atoms with E-state index in [-0.39, 0.29) is 11.5 Å². The molecule has 1 amide bonds. The number of piperidine rings is 1. The predicted octanol–water partition coefficient (Wildman–Crippen LogP) is 3.17. The number of anilines is 1. The van der Waals surface area contributed by atoms with Crippen molar-refractivity contribution in [2.45, 2.75) is 57.5 Å². The van der Waals surface area contributed by atoms with E-state index in [1.807, 2.05) is 16.8 Å². The molecule has 3 aliphatic heterocycles. The molecule has 1 aromatic heterocycles. The summed E-state index contributed by atoms with van der Waals surface area (Å²) >= 11 is 6.06. The zero-order valence-electron chi connectivity index (χ0n) is 17.5. The Morgan fingerprint density at radius 2 is 2.07 bits per heavy atom. The molecule has 0 saturated carbocycles. The molecule has 0 bridgehead atoms. The molecule has 4 heterocycles. The maximum absolute atomic E-state index is 12.7. The van der Waals surface area contributed by atoms with Crippen LogP contribution in [0.3, 0.4) is 0 Å². The minimum atomic E-state index is -0.543. The highest BCUT2D eigenvalue weighted by Gasteiger charge is 2.53. The average Bonchev–Trinajstić information content (AvgIpc) is 3.25. The molecule has 7 nitrogen and oxygen atoms in total. The van der Waals surface area contributed by atoms with Gasteiger partial charge in [-0.2, -0.15) is 5.10 Å². The summed E-state index contributed by atoms with van der Waals surface area (Å²) in [6, 6.07) is 5.40. The van der Waals surface area contributed by atoms with Crippen molar-refractivity contribution in [2.24, 2.45) is 0 Å². The van der Waals surface area contributed by atoms with Crippen molar-refractivity contribution in [3.8, 4) is 0 Å². The van der Waals surface area contributed by atoms with Gasteiger partial charge in [-0.1, -0.05) is 11.6 Å². The molecule has 2 fully saturated rings. The number of aromatic nitrogens is 2. The Balaban J connectivity index is 1.25. The van der Waals surface area contributed by atoms with E-state index in [2.05, 4.69) is 40.7 Å². The van der Waals surface area contributed by atoms with Crippen molar-refractivity contribution in [1.29, 1.82) is 0 Å². The lowest BCUT2D eigenvalue weighted by Crippen LogP contribution is -2.59. The van der Waals surface area contributed by atoms with E-state index in [4.69, 9.17) is 16.3 Å². The summed E-state index contributed by atoms with van der Waals surface area (Å²) in [7, 11) is 0. The quantitative estimate of drug-likeness (QED) is 0.784. The van der Waals surface area contributed by atoms with Gasteiger partial charge in [-0.25, -0.2) is 0 Å². The number of benzene rings is 1. The molecule has 2 saturated heterocycles. The average molecular weight is 430 g/mol. The van der Waals surface area contributed by atoms with Crippen molar-refractivity contribution in [1.82, 2.24) is 20.0 Å². The van der Waals surface area contributed by atoms with Crippen LogP contribution in [0.5, 0.6) is 0 Å². The third-order valence-electron chi connectivity index (χ3n) is 6.73. The molecular weight excluding hydrogens is 402 g/mol. The number of likely N-dealkylation sites (tertiary alicyclic amines) is 1. The number of nitrogens with one attached hydrogen (secondary N) is 2. The van der Waals surface area contributed by atoms with Gasteiger partial charge in [0, 0.05) is 55.1 Å². The first kappa shape index (κ1) is 19.8. The van der Waals surface area contributed by atoms with E-state index in [0.29, 0.717) is 17.2 Å². The molecule has 2 aromatic rings. The number of carbonyl (C=O) groups is 1. The Bertz CT molecular complexity index is 982. The number of hydrogen-bond acceptors (Lipinski definition) is 5. The normalized spacial score (nSPS) is 25.4. The standard InChI is InChI=1S/C22H28ClN5O2/c1-3-28-12-16(15(2)26-28)11-27-8-6-21(7-9-27)13-22(14-30-21)24-19-5-4-17(23)10-18(19)20(29)25-22/h4-5,10,12,24H,3,6-9,11,13-14H2,1-2H3,(H,25,29)/t22-/m1/s1. The van der Waals surface area contributed by atoms with Crippen molar-refractivity contribution in [3.63, 3.8) is 0 Å². The fraction of sp³-hybridized carbons (Fsp3) is 0.545. The van der Waals surface area contributed by atoms with Crippen LogP contribution in [0, 0.1) is 6.92 Å². The lowest BCUT2D eigenvalue weighted by Gasteiger charge is -2.41. The first-order valence-electron chi connectivity index (χ1n) is 10.7. The van der Waals surface area contributed by atoms with Crippen LogP contribution in [0.1, 0.15) is 47.8 Å². The van der Waals surface area contributed by atoms with Crippen LogP contribution in [0.25, 0.3) is 0 Å². The number of hydrogen-bond donors (Lipinski definition) is 2. The van der Waals surface area contributed by atoms with E-state index < -0.39 is 5.66 Å². The molecule has 2 spiro atoms. The summed E-state index contributed by atoms with van der Waals surface area (Å²) in [6.07, 6.45) is 4.85. The number of rotatable bonds is 3. The Hall–Kier alpha value is -2.09. The van der Waals surface area contributed by atoms with E-state index in [0.717, 1.165) is 56.8 Å². The highest BCUT2D eigenvalue weighted by atomic mass is 35.5. The second kappa shape index (κ2) is 7.25. The summed E-state index contributed by atoms with van der Waals surface area (Å²) in [4.78, 5) is 15.2. The minimum absolute atomic E-state index is 0.0900. The predicted molar refractivity (Wildman–Crippen MR) is 116 cm³/mol. The largest absolute Gasteiger partial charge is 0.370 e. The number of halogens is 1. The summed E-state index contributed by atoms with van der Waals surface area (Å²) in [5.41, 5.74) is 3.09. The molecular formula is C22H28ClN5O2. The Morgan fingerprint density at radius 3 is 2.80 bits per heavy atom. The number of amides is 1. The summed E-state index contributed by atoms with van der Waals surface area (Å²) in [5, 5.41) is 11.8. The molecule has 2 N–H and O–H groups in total. The lowest BCUT2D eigenvalue weighted by molar-refractivity contribution is -0.0452. The monoisotopic (exact) mass is 429 g/mol. The van der Waals surface area contributed by atoms with Crippen molar-refractivity contribution in [2.75, 3.05) is 25.0 Å². The Kier molecular flexibility index (Phi) is 4.80. The van der Waals surface area contributed by atoms with Crippen LogP contribution in [-0.4, -0.2) is 51.5 Å². The maximum atomic E-state index is 12.7. The molecule has 3 aliphatic rings. The number of carbonyl (C=O) groups excluding carboxylic acids is 1. The van der Waals surface area contributed by atoms with Crippen molar-refractivity contribution < 1.29 is 9.53 Å². The molecule has 8 heteroatoms. The lowest BCUT2D eigenvalue weighted by atomic mass is 9.84. The summed E-state index contributed by atoms with van der Waals surface area (Å²) in [5.74, 6) is -0.0900. The minimum Gasteiger partial charge on any atom is -0.370 e. The third kappa shape index (κ3) is 3.49. The Morgan fingerprint density at radius 1 is 1.27 bits per heavy atom. The van der Waals surface area contributed by atoms with E-state index >= 15 is 0 Å². The summed E-state index contributed by atoms with van der Waals surface area (Å²) < 4.78 is 8.36. The topological polar surface area (TPSA) is 71.4 Å². The van der Waals surface area contributed by atoms with Gasteiger partial charge in [0.25, 0.3) is 5.91 Å². The van der Waals surface area contributed by atoms with Gasteiger partial charge in [0.1, 0.15) is 5.66 Å². The van der Waals surface area contributed by atoms with Crippen LogP contribution in [0.2, 0.25) is 5.02 Å². The molecule has 1 aromatic carbocycles. The number of nitrogens with zero attached hydrogens (tertiary/aromatic N) is 3. The fourth-order valence-electron chi connectivity index (χ4n) is 5.03. The second-order valence-corrected chi connectivity index (χ2v) is 9.31. The van der Waals surface area contributed by atoms with Crippen LogP contribution < -0.4 is 10.6 Å². The van der Waals surface area contributed by atoms with Gasteiger partial charge in [0.05, 0.1) is 23.5 Å². The van der Waals surface area contributed by atoms with Gasteiger partial charge >= 0.3 is 0 Å². The summed E-state index contributed by atoms with van der Waals surface area (Å²) in [6.45, 7) is 8.45. The van der Waals surface area contributed by atoms with E-state index in [1.54, 1.807) is 6.07 Å². The molecule has 160 valence electrons. The van der Waals surface area contributed by atoms with Gasteiger partial charge in [-0.05, 0) is 44.9 Å². The number of aryl methyl sites for hydroxylation is 2. The second-order valence-electron chi connectivity index (χ2n) is 8.87. The van der Waals surface area contributed by atoms with Gasteiger partial charge in [0.2, 0.25) is 0 Å². The SMILES string of the molecule is CCn1cc(CN2CCC3(CC2)C[C@]2(CO3)NC(=O)c3cc(Cl)ccc3N2)c(C)n1. The van der Waals surface area contributed by atoms with Gasteiger partial charge in [0.15, 0.2) is 0 Å². The molecule has 0 unspecified atom stereocenters. The highest BCUT2D eigenvalue weighted by molar-refractivity contribution is 6.31.